The van der Waals surface area contributed by atoms with Crippen molar-refractivity contribution < 1.29 is 13.6 Å². The summed E-state index contributed by atoms with van der Waals surface area (Å²) in [6, 6.07) is 12.5. The Kier molecular flexibility index (Phi) is 4.39. The molecule has 0 N–H and O–H groups in total. The van der Waals surface area contributed by atoms with E-state index in [4.69, 9.17) is 9.15 Å². The average molecular weight is 340 g/mol. The normalized spacial score (nSPS) is 16.9. The van der Waals surface area contributed by atoms with Gasteiger partial charge in [0.2, 0.25) is 5.89 Å². The molecule has 1 aromatic carbocycles. The van der Waals surface area contributed by atoms with Gasteiger partial charge in [-0.25, -0.2) is 5.12 Å². The number of pyridine rings is 1. The van der Waals surface area contributed by atoms with Gasteiger partial charge in [0.25, 0.3) is 5.89 Å². The fourth-order valence-electron chi connectivity index (χ4n) is 2.79. The molecular weight excluding hydrogens is 323 g/mol. The van der Waals surface area contributed by atoms with Gasteiger partial charge in [0, 0.05) is 18.7 Å². The van der Waals surface area contributed by atoms with Gasteiger partial charge in [0.15, 0.2) is 0 Å². The number of ether oxygens (including phenoxy) is 1. The largest absolute Gasteiger partial charge is 0.417 e. The molecule has 7 heteroatoms. The molecule has 1 atom stereocenters. The molecule has 2 aromatic heterocycles. The molecule has 25 heavy (non-hydrogen) atoms. The molecule has 1 aliphatic heterocycles. The van der Waals surface area contributed by atoms with Crippen LogP contribution in [0, 0.1) is 0 Å². The summed E-state index contributed by atoms with van der Waals surface area (Å²) in [4.78, 5) is 4.39. The molecule has 1 unspecified atom stereocenters. The van der Waals surface area contributed by atoms with Crippen LogP contribution >= 0.6 is 0 Å². The molecular formula is C18H17FN4O2. The summed E-state index contributed by atoms with van der Waals surface area (Å²) in [7, 11) is 0. The van der Waals surface area contributed by atoms with Crippen LogP contribution in [0.15, 0.2) is 53.1 Å². The van der Waals surface area contributed by atoms with E-state index in [2.05, 4.69) is 15.2 Å². The maximum Gasteiger partial charge on any atom is 0.266 e. The summed E-state index contributed by atoms with van der Waals surface area (Å²) < 4.78 is 25.1. The van der Waals surface area contributed by atoms with Crippen molar-refractivity contribution in [2.45, 2.75) is 18.9 Å². The summed E-state index contributed by atoms with van der Waals surface area (Å²) in [5.41, 5.74) is 2.15. The van der Waals surface area contributed by atoms with E-state index in [1.54, 1.807) is 24.3 Å². The molecule has 0 saturated carbocycles. The monoisotopic (exact) mass is 340 g/mol. The van der Waals surface area contributed by atoms with Gasteiger partial charge in [-0.1, -0.05) is 28.7 Å². The van der Waals surface area contributed by atoms with Gasteiger partial charge in [-0.2, -0.15) is 0 Å². The first-order valence-corrected chi connectivity index (χ1v) is 8.14. The second-order valence-electron chi connectivity index (χ2n) is 5.89. The van der Waals surface area contributed by atoms with Crippen molar-refractivity contribution in [3.8, 4) is 11.6 Å². The first-order chi connectivity index (χ1) is 12.3. The number of halogens is 1. The van der Waals surface area contributed by atoms with Crippen molar-refractivity contribution in [3.63, 3.8) is 0 Å². The number of para-hydroxylation sites is 1. The summed E-state index contributed by atoms with van der Waals surface area (Å²) in [6.45, 7) is 1.41. The SMILES string of the molecule is FN(Cc1nnc(-c2ccc(C3CCOC3)cn2)o1)c1ccccc1. The third-order valence-corrected chi connectivity index (χ3v) is 4.18. The lowest BCUT2D eigenvalue weighted by atomic mass is 10.0. The minimum Gasteiger partial charge on any atom is -0.417 e. The molecule has 0 spiro atoms. The summed E-state index contributed by atoms with van der Waals surface area (Å²) in [5.74, 6) is 0.868. The van der Waals surface area contributed by atoms with Crippen LogP contribution in [0.2, 0.25) is 0 Å². The lowest BCUT2D eigenvalue weighted by Crippen LogP contribution is -2.11. The molecule has 1 aliphatic rings. The zero-order valence-corrected chi connectivity index (χ0v) is 13.5. The molecule has 6 nitrogen and oxygen atoms in total. The highest BCUT2D eigenvalue weighted by Crippen LogP contribution is 2.26. The highest BCUT2D eigenvalue weighted by atomic mass is 19.2. The fourth-order valence-corrected chi connectivity index (χ4v) is 2.79. The third kappa shape index (κ3) is 3.51. The number of anilines is 1. The van der Waals surface area contributed by atoms with Crippen molar-refractivity contribution in [3.05, 3.63) is 60.1 Å². The highest BCUT2D eigenvalue weighted by molar-refractivity contribution is 5.47. The Labute approximate surface area is 144 Å². The van der Waals surface area contributed by atoms with Gasteiger partial charge in [0.1, 0.15) is 12.2 Å². The molecule has 0 radical (unpaired) electrons. The number of hydrogen-bond acceptors (Lipinski definition) is 6. The average Bonchev–Trinajstić information content (AvgIpc) is 3.35. The molecule has 3 aromatic rings. The predicted octanol–water partition coefficient (Wildman–Crippen LogP) is 3.53. The van der Waals surface area contributed by atoms with Crippen LogP contribution in [0.25, 0.3) is 11.6 Å². The number of aromatic nitrogens is 3. The van der Waals surface area contributed by atoms with Crippen LogP contribution in [-0.2, 0) is 11.3 Å². The van der Waals surface area contributed by atoms with E-state index < -0.39 is 0 Å². The van der Waals surface area contributed by atoms with Gasteiger partial charge in [-0.05, 0) is 30.2 Å². The lowest BCUT2D eigenvalue weighted by molar-refractivity contribution is 0.194. The van der Waals surface area contributed by atoms with Gasteiger partial charge >= 0.3 is 0 Å². The summed E-state index contributed by atoms with van der Waals surface area (Å²) in [6.07, 6.45) is 2.82. The maximum atomic E-state index is 14.1. The third-order valence-electron chi connectivity index (χ3n) is 4.18. The second kappa shape index (κ2) is 6.98. The molecule has 3 heterocycles. The van der Waals surface area contributed by atoms with E-state index in [0.717, 1.165) is 25.2 Å². The van der Waals surface area contributed by atoms with E-state index >= 15 is 0 Å². The highest BCUT2D eigenvalue weighted by Gasteiger charge is 2.19. The molecule has 128 valence electrons. The number of benzene rings is 1. The Bertz CT molecular complexity index is 817. The predicted molar refractivity (Wildman–Crippen MR) is 89.4 cm³/mol. The molecule has 1 saturated heterocycles. The van der Waals surface area contributed by atoms with E-state index in [1.165, 1.54) is 0 Å². The molecule has 0 amide bonds. The minimum absolute atomic E-state index is 0.117. The van der Waals surface area contributed by atoms with Crippen molar-refractivity contribution in [1.29, 1.82) is 0 Å². The van der Waals surface area contributed by atoms with Crippen molar-refractivity contribution in [1.82, 2.24) is 15.2 Å². The van der Waals surface area contributed by atoms with E-state index in [1.807, 2.05) is 24.4 Å². The second-order valence-corrected chi connectivity index (χ2v) is 5.89. The molecule has 1 fully saturated rings. The Morgan fingerprint density at radius 2 is 2.00 bits per heavy atom. The van der Waals surface area contributed by atoms with E-state index in [0.29, 0.717) is 22.4 Å². The quantitative estimate of drug-likeness (QED) is 0.662. The van der Waals surface area contributed by atoms with Crippen LogP contribution in [0.3, 0.4) is 0 Å². The molecule has 4 rings (SSSR count). The van der Waals surface area contributed by atoms with Crippen molar-refractivity contribution in [2.24, 2.45) is 0 Å². The Balaban J connectivity index is 1.45. The molecule has 0 bridgehead atoms. The van der Waals surface area contributed by atoms with Crippen molar-refractivity contribution >= 4 is 5.69 Å². The number of rotatable bonds is 5. The minimum atomic E-state index is -0.117. The van der Waals surface area contributed by atoms with E-state index in [-0.39, 0.29) is 18.3 Å². The van der Waals surface area contributed by atoms with Crippen LogP contribution < -0.4 is 5.12 Å². The Morgan fingerprint density at radius 3 is 2.72 bits per heavy atom. The number of nitrogens with zero attached hydrogens (tertiary/aromatic N) is 4. The zero-order chi connectivity index (χ0) is 17.1. The lowest BCUT2D eigenvalue weighted by Gasteiger charge is -2.10. The van der Waals surface area contributed by atoms with E-state index in [9.17, 15) is 4.48 Å². The summed E-state index contributed by atoms with van der Waals surface area (Å²) >= 11 is 0. The van der Waals surface area contributed by atoms with Gasteiger partial charge in [-0.15, -0.1) is 10.2 Å². The van der Waals surface area contributed by atoms with Gasteiger partial charge in [0.05, 0.1) is 12.3 Å². The fraction of sp³-hybridized carbons (Fsp3) is 0.278. The van der Waals surface area contributed by atoms with Crippen molar-refractivity contribution in [2.75, 3.05) is 18.3 Å². The standard InChI is InChI=1S/C18H17FN4O2/c19-23(15-4-2-1-3-5-15)11-17-21-22-18(25-17)16-7-6-13(10-20-16)14-8-9-24-12-14/h1-7,10,14H,8-9,11-12H2. The van der Waals surface area contributed by atoms with Crippen LogP contribution in [0.4, 0.5) is 10.2 Å². The first kappa shape index (κ1) is 15.7. The van der Waals surface area contributed by atoms with Crippen LogP contribution in [0.5, 0.6) is 0 Å². The maximum absolute atomic E-state index is 14.1. The smallest absolute Gasteiger partial charge is 0.266 e. The Morgan fingerprint density at radius 1 is 1.12 bits per heavy atom. The van der Waals surface area contributed by atoms with Gasteiger partial charge < -0.3 is 9.15 Å². The summed E-state index contributed by atoms with van der Waals surface area (Å²) in [5, 5.41) is 8.43. The number of hydrogen-bond donors (Lipinski definition) is 0. The Hall–Kier alpha value is -2.80. The molecule has 0 aliphatic carbocycles. The zero-order valence-electron chi connectivity index (χ0n) is 13.5. The van der Waals surface area contributed by atoms with Gasteiger partial charge in [-0.3, -0.25) is 4.98 Å². The van der Waals surface area contributed by atoms with Crippen LogP contribution in [0.1, 0.15) is 23.8 Å². The van der Waals surface area contributed by atoms with Crippen LogP contribution in [-0.4, -0.2) is 28.4 Å². The first-order valence-electron chi connectivity index (χ1n) is 8.14. The topological polar surface area (TPSA) is 64.3 Å².